The highest BCUT2D eigenvalue weighted by atomic mass is 32.2. The number of hydrogen-bond donors (Lipinski definition) is 4. The fourth-order valence-corrected chi connectivity index (χ4v) is 5.64. The average molecular weight is 521 g/mol. The molecule has 2 unspecified atom stereocenters. The van der Waals surface area contributed by atoms with Crippen molar-refractivity contribution in [3.8, 4) is 11.1 Å². The number of amidine groups is 1. The molecule has 184 valence electrons. The van der Waals surface area contributed by atoms with Gasteiger partial charge >= 0.3 is 0 Å². The Balaban J connectivity index is 1.45. The first-order valence-electron chi connectivity index (χ1n) is 10.9. The number of nitrogens with two attached hydrogens (primary N) is 1. The summed E-state index contributed by atoms with van der Waals surface area (Å²) in [6, 6.07) is 19.5. The van der Waals surface area contributed by atoms with Crippen LogP contribution in [0.1, 0.15) is 15.9 Å². The second kappa shape index (κ2) is 10.4. The number of nitrogens with one attached hydrogen (secondary N) is 3. The number of hydrogen-bond acceptors (Lipinski definition) is 6. The predicted octanol–water partition coefficient (Wildman–Crippen LogP) is 3.41. The van der Waals surface area contributed by atoms with Gasteiger partial charge in [-0.3, -0.25) is 15.0 Å². The van der Waals surface area contributed by atoms with E-state index < -0.39 is 21.1 Å². The number of rotatable bonds is 7. The van der Waals surface area contributed by atoms with E-state index in [0.717, 1.165) is 6.26 Å². The first-order valence-corrected chi connectivity index (χ1v) is 13.7. The van der Waals surface area contributed by atoms with Gasteiger partial charge in [-0.15, -0.1) is 11.8 Å². The van der Waals surface area contributed by atoms with Crippen molar-refractivity contribution in [3.63, 3.8) is 0 Å². The second-order valence-electron chi connectivity index (χ2n) is 8.21. The molecule has 3 aromatic rings. The van der Waals surface area contributed by atoms with Crippen LogP contribution in [0.25, 0.3) is 11.1 Å². The summed E-state index contributed by atoms with van der Waals surface area (Å²) in [6.07, 6.45) is 2.92. The number of benzene rings is 3. The van der Waals surface area contributed by atoms with Crippen molar-refractivity contribution in [1.82, 2.24) is 5.32 Å². The molecule has 8 nitrogen and oxygen atoms in total. The van der Waals surface area contributed by atoms with Crippen molar-refractivity contribution < 1.29 is 18.0 Å². The fourth-order valence-electron chi connectivity index (χ4n) is 3.79. The van der Waals surface area contributed by atoms with Gasteiger partial charge in [0.2, 0.25) is 5.91 Å². The van der Waals surface area contributed by atoms with Gasteiger partial charge in [0.15, 0.2) is 9.84 Å². The predicted molar refractivity (Wildman–Crippen MR) is 143 cm³/mol. The minimum Gasteiger partial charge on any atom is -0.384 e. The molecule has 2 atom stereocenters. The highest BCUT2D eigenvalue weighted by Crippen LogP contribution is 2.29. The van der Waals surface area contributed by atoms with E-state index in [4.69, 9.17) is 11.1 Å². The van der Waals surface area contributed by atoms with Crippen LogP contribution in [-0.2, 0) is 14.6 Å². The van der Waals surface area contributed by atoms with E-state index in [0.29, 0.717) is 27.9 Å². The number of amides is 2. The van der Waals surface area contributed by atoms with Crippen LogP contribution < -0.4 is 16.4 Å². The molecule has 0 aromatic heterocycles. The van der Waals surface area contributed by atoms with Gasteiger partial charge in [-0.25, -0.2) is 8.42 Å². The maximum Gasteiger partial charge on any atom is 0.251 e. The molecule has 3 aromatic carbocycles. The van der Waals surface area contributed by atoms with Crippen molar-refractivity contribution in [2.45, 2.75) is 16.2 Å². The number of carbonyl (C=O) groups is 2. The Kier molecular flexibility index (Phi) is 7.27. The molecule has 10 heteroatoms. The highest BCUT2D eigenvalue weighted by Gasteiger charge is 2.32. The molecule has 0 aliphatic carbocycles. The van der Waals surface area contributed by atoms with E-state index in [-0.39, 0.29) is 22.5 Å². The van der Waals surface area contributed by atoms with E-state index in [1.54, 1.807) is 84.3 Å². The maximum absolute atomic E-state index is 12.9. The molecular weight excluding hydrogens is 496 g/mol. The summed E-state index contributed by atoms with van der Waals surface area (Å²) in [7, 11) is -3.41. The lowest BCUT2D eigenvalue weighted by Crippen LogP contribution is -2.44. The molecule has 1 aliphatic heterocycles. The Hall–Kier alpha value is -3.89. The van der Waals surface area contributed by atoms with Crippen molar-refractivity contribution in [2.75, 3.05) is 11.6 Å². The third-order valence-electron chi connectivity index (χ3n) is 5.58. The number of carbonyl (C=O) groups excluding carboxylic acids is 2. The number of nitrogen functional groups attached to an aromatic ring is 1. The van der Waals surface area contributed by atoms with E-state index >= 15 is 0 Å². The van der Waals surface area contributed by atoms with Gasteiger partial charge < -0.3 is 16.4 Å². The standard InChI is InChI=1S/C26H24N4O4S2/c1-36(33,34)22-8-3-2-7-20(22)16-9-11-17(12-10-16)25(31)30-21-13-14-35-23(21)26(32)29-19-6-4-5-18(15-19)24(27)28/h2-15,21,23H,1H3,(H3,27,28)(H,29,32)(H,30,31). The summed E-state index contributed by atoms with van der Waals surface area (Å²) in [5.74, 6) is -0.742. The monoisotopic (exact) mass is 520 g/mol. The molecule has 0 saturated heterocycles. The lowest BCUT2D eigenvalue weighted by atomic mass is 10.0. The van der Waals surface area contributed by atoms with Gasteiger partial charge in [0.05, 0.1) is 10.9 Å². The molecule has 0 bridgehead atoms. The van der Waals surface area contributed by atoms with Gasteiger partial charge in [-0.05, 0) is 41.3 Å². The summed E-state index contributed by atoms with van der Waals surface area (Å²) in [4.78, 5) is 26.0. The van der Waals surface area contributed by atoms with Gasteiger partial charge in [0, 0.05) is 28.6 Å². The van der Waals surface area contributed by atoms with Crippen LogP contribution in [0.2, 0.25) is 0 Å². The maximum atomic E-state index is 12.9. The molecule has 0 radical (unpaired) electrons. The third-order valence-corrected chi connectivity index (χ3v) is 7.85. The van der Waals surface area contributed by atoms with Crippen LogP contribution in [0.3, 0.4) is 0 Å². The van der Waals surface area contributed by atoms with E-state index in [1.807, 2.05) is 0 Å². The first-order chi connectivity index (χ1) is 17.1. The SMILES string of the molecule is CS(=O)(=O)c1ccccc1-c1ccc(C(=O)NC2C=CSC2C(=O)Nc2cccc(C(=N)N)c2)cc1. The quantitative estimate of drug-likeness (QED) is 0.278. The zero-order chi connectivity index (χ0) is 25.9. The minimum atomic E-state index is -3.41. The van der Waals surface area contributed by atoms with Crippen molar-refractivity contribution >= 4 is 44.9 Å². The van der Waals surface area contributed by atoms with Crippen molar-refractivity contribution in [1.29, 1.82) is 5.41 Å². The topological polar surface area (TPSA) is 142 Å². The zero-order valence-electron chi connectivity index (χ0n) is 19.3. The number of sulfone groups is 1. The molecule has 36 heavy (non-hydrogen) atoms. The van der Waals surface area contributed by atoms with Gasteiger partial charge in [0.25, 0.3) is 5.91 Å². The molecule has 0 spiro atoms. The molecule has 5 N–H and O–H groups in total. The van der Waals surface area contributed by atoms with Crippen LogP contribution in [0.4, 0.5) is 5.69 Å². The summed E-state index contributed by atoms with van der Waals surface area (Å²) < 4.78 is 24.2. The van der Waals surface area contributed by atoms with Gasteiger partial charge in [-0.2, -0.15) is 0 Å². The largest absolute Gasteiger partial charge is 0.384 e. The van der Waals surface area contributed by atoms with Crippen molar-refractivity contribution in [2.24, 2.45) is 5.73 Å². The van der Waals surface area contributed by atoms with Gasteiger partial charge in [0.1, 0.15) is 11.1 Å². The third kappa shape index (κ3) is 5.67. The smallest absolute Gasteiger partial charge is 0.251 e. The van der Waals surface area contributed by atoms with Crippen LogP contribution in [0.15, 0.2) is 89.2 Å². The van der Waals surface area contributed by atoms with Crippen molar-refractivity contribution in [3.05, 3.63) is 95.4 Å². The Morgan fingerprint density at radius 2 is 1.69 bits per heavy atom. The molecule has 0 saturated carbocycles. The van der Waals surface area contributed by atoms with Crippen LogP contribution >= 0.6 is 11.8 Å². The Morgan fingerprint density at radius 3 is 2.39 bits per heavy atom. The summed E-state index contributed by atoms with van der Waals surface area (Å²) in [5, 5.41) is 14.4. The molecular formula is C26H24N4O4S2. The van der Waals surface area contributed by atoms with Gasteiger partial charge in [-0.1, -0.05) is 48.5 Å². The Bertz CT molecular complexity index is 1470. The summed E-state index contributed by atoms with van der Waals surface area (Å²) >= 11 is 1.30. The molecule has 0 fully saturated rings. The number of thioether (sulfide) groups is 1. The molecule has 4 rings (SSSR count). The molecule has 2 amide bonds. The first kappa shape index (κ1) is 25.2. The van der Waals surface area contributed by atoms with Crippen LogP contribution in [-0.4, -0.2) is 43.6 Å². The lowest BCUT2D eigenvalue weighted by molar-refractivity contribution is -0.115. The Labute approximate surface area is 213 Å². The van der Waals surface area contributed by atoms with Crippen LogP contribution in [0.5, 0.6) is 0 Å². The van der Waals surface area contributed by atoms with Crippen LogP contribution in [0, 0.1) is 5.41 Å². The highest BCUT2D eigenvalue weighted by molar-refractivity contribution is 8.03. The van der Waals surface area contributed by atoms with E-state index in [9.17, 15) is 18.0 Å². The number of anilines is 1. The zero-order valence-corrected chi connectivity index (χ0v) is 20.9. The molecule has 1 heterocycles. The normalized spacial score (nSPS) is 16.9. The molecule has 1 aliphatic rings. The summed E-state index contributed by atoms with van der Waals surface area (Å²) in [6.45, 7) is 0. The lowest BCUT2D eigenvalue weighted by Gasteiger charge is -2.20. The fraction of sp³-hybridized carbons (Fsp3) is 0.115. The minimum absolute atomic E-state index is 0.0982. The average Bonchev–Trinajstić information content (AvgIpc) is 3.32. The Morgan fingerprint density at radius 1 is 0.972 bits per heavy atom. The van der Waals surface area contributed by atoms with E-state index in [1.165, 1.54) is 11.8 Å². The summed E-state index contributed by atoms with van der Waals surface area (Å²) in [5.41, 5.74) is 8.15. The van der Waals surface area contributed by atoms with E-state index in [2.05, 4.69) is 10.6 Å². The second-order valence-corrected chi connectivity index (χ2v) is 11.3.